The van der Waals surface area contributed by atoms with Crippen LogP contribution in [0.2, 0.25) is 0 Å². The minimum atomic E-state index is 0.0872. The highest BCUT2D eigenvalue weighted by Crippen LogP contribution is 2.39. The molecule has 1 aliphatic heterocycles. The third-order valence-corrected chi connectivity index (χ3v) is 4.88. The Morgan fingerprint density at radius 3 is 2.57 bits per heavy atom. The van der Waals surface area contributed by atoms with E-state index in [4.69, 9.17) is 12.2 Å². The van der Waals surface area contributed by atoms with Gasteiger partial charge < -0.3 is 14.8 Å². The predicted molar refractivity (Wildman–Crippen MR) is 88.1 cm³/mol. The van der Waals surface area contributed by atoms with Crippen molar-refractivity contribution in [1.29, 1.82) is 0 Å². The maximum absolute atomic E-state index is 5.46. The molecule has 3 heterocycles. The predicted octanol–water partition coefficient (Wildman–Crippen LogP) is 2.64. The Labute approximate surface area is 130 Å². The van der Waals surface area contributed by atoms with Gasteiger partial charge >= 0.3 is 0 Å². The number of thiocarbonyl (C=S) groups is 1. The highest BCUT2D eigenvalue weighted by molar-refractivity contribution is 7.80. The smallest absolute Gasteiger partial charge is 0.169 e. The number of rotatable bonds is 2. The summed E-state index contributed by atoms with van der Waals surface area (Å²) < 4.78 is 2.22. The number of nitrogens with one attached hydrogen (secondary N) is 1. The largest absolute Gasteiger partial charge is 0.352 e. The van der Waals surface area contributed by atoms with Gasteiger partial charge in [0.15, 0.2) is 5.11 Å². The molecular formula is C16H20N4S. The molecule has 5 heteroatoms. The quantitative estimate of drug-likeness (QED) is 0.864. The highest BCUT2D eigenvalue weighted by atomic mass is 32.1. The molecule has 1 fully saturated rings. The molecule has 0 saturated carbocycles. The molecule has 3 rings (SSSR count). The van der Waals surface area contributed by atoms with Gasteiger partial charge in [0.2, 0.25) is 0 Å². The van der Waals surface area contributed by atoms with Crippen LogP contribution in [0.1, 0.15) is 34.7 Å². The van der Waals surface area contributed by atoms with E-state index in [1.54, 1.807) is 0 Å². The fourth-order valence-corrected chi connectivity index (χ4v) is 3.27. The van der Waals surface area contributed by atoms with Gasteiger partial charge in [0, 0.05) is 31.7 Å². The zero-order valence-electron chi connectivity index (χ0n) is 12.8. The molecule has 0 spiro atoms. The number of nitrogens with zero attached hydrogens (tertiary/aromatic N) is 3. The molecule has 0 aliphatic carbocycles. The summed E-state index contributed by atoms with van der Waals surface area (Å²) in [5.41, 5.74) is 4.86. The summed E-state index contributed by atoms with van der Waals surface area (Å²) in [4.78, 5) is 6.64. The Balaban J connectivity index is 2.08. The van der Waals surface area contributed by atoms with E-state index in [1.807, 2.05) is 25.4 Å². The van der Waals surface area contributed by atoms with E-state index in [0.29, 0.717) is 0 Å². The van der Waals surface area contributed by atoms with Crippen LogP contribution in [-0.4, -0.2) is 26.6 Å². The van der Waals surface area contributed by atoms with Crippen LogP contribution >= 0.6 is 12.2 Å². The molecule has 0 unspecified atom stereocenters. The van der Waals surface area contributed by atoms with Crippen molar-refractivity contribution < 1.29 is 0 Å². The van der Waals surface area contributed by atoms with Gasteiger partial charge in [0.05, 0.1) is 17.8 Å². The minimum Gasteiger partial charge on any atom is -0.352 e. The summed E-state index contributed by atoms with van der Waals surface area (Å²) in [6.45, 7) is 4.29. The third kappa shape index (κ3) is 2.21. The maximum Gasteiger partial charge on any atom is 0.169 e. The van der Waals surface area contributed by atoms with Gasteiger partial charge in [-0.1, -0.05) is 6.07 Å². The molecule has 1 saturated heterocycles. The van der Waals surface area contributed by atoms with Crippen molar-refractivity contribution >= 4 is 17.3 Å². The first-order valence-electron chi connectivity index (χ1n) is 7.07. The van der Waals surface area contributed by atoms with E-state index in [-0.39, 0.29) is 12.1 Å². The van der Waals surface area contributed by atoms with E-state index < -0.39 is 0 Å². The van der Waals surface area contributed by atoms with Crippen molar-refractivity contribution in [3.63, 3.8) is 0 Å². The number of pyridine rings is 1. The van der Waals surface area contributed by atoms with Crippen molar-refractivity contribution in [2.24, 2.45) is 7.05 Å². The Morgan fingerprint density at radius 2 is 2.00 bits per heavy atom. The molecule has 21 heavy (non-hydrogen) atoms. The fraction of sp³-hybridized carbons (Fsp3) is 0.375. The minimum absolute atomic E-state index is 0.0872. The second-order valence-electron chi connectivity index (χ2n) is 5.62. The van der Waals surface area contributed by atoms with Gasteiger partial charge in [-0.3, -0.25) is 4.98 Å². The van der Waals surface area contributed by atoms with Crippen molar-refractivity contribution in [2.45, 2.75) is 25.9 Å². The highest BCUT2D eigenvalue weighted by Gasteiger charge is 2.39. The monoisotopic (exact) mass is 300 g/mol. The molecule has 0 bridgehead atoms. The summed E-state index contributed by atoms with van der Waals surface area (Å²) in [5.74, 6) is 0. The fourth-order valence-electron chi connectivity index (χ4n) is 3.03. The third-order valence-electron chi connectivity index (χ3n) is 4.47. The lowest BCUT2D eigenvalue weighted by atomic mass is 9.97. The lowest BCUT2D eigenvalue weighted by Gasteiger charge is -2.24. The Kier molecular flexibility index (Phi) is 3.45. The van der Waals surface area contributed by atoms with E-state index in [9.17, 15) is 0 Å². The molecule has 2 aromatic heterocycles. The summed E-state index contributed by atoms with van der Waals surface area (Å²) in [5, 5.41) is 4.18. The topological polar surface area (TPSA) is 33.1 Å². The van der Waals surface area contributed by atoms with E-state index in [1.165, 1.54) is 17.0 Å². The van der Waals surface area contributed by atoms with Gasteiger partial charge in [-0.25, -0.2) is 0 Å². The summed E-state index contributed by atoms with van der Waals surface area (Å²) in [6.07, 6.45) is 1.83. The summed E-state index contributed by atoms with van der Waals surface area (Å²) >= 11 is 5.46. The van der Waals surface area contributed by atoms with Crippen LogP contribution in [0.5, 0.6) is 0 Å². The van der Waals surface area contributed by atoms with Crippen LogP contribution in [0.15, 0.2) is 30.5 Å². The summed E-state index contributed by atoms with van der Waals surface area (Å²) in [7, 11) is 4.15. The van der Waals surface area contributed by atoms with Crippen molar-refractivity contribution in [3.05, 3.63) is 53.1 Å². The van der Waals surface area contributed by atoms with Gasteiger partial charge in [-0.2, -0.15) is 0 Å². The molecule has 4 nitrogen and oxygen atoms in total. The number of aromatic nitrogens is 2. The van der Waals surface area contributed by atoms with Crippen LogP contribution in [-0.2, 0) is 7.05 Å². The molecule has 110 valence electrons. The molecule has 0 amide bonds. The number of hydrogen-bond acceptors (Lipinski definition) is 2. The average molecular weight is 300 g/mol. The van der Waals surface area contributed by atoms with Gasteiger partial charge in [-0.05, 0) is 49.8 Å². The molecule has 1 aliphatic rings. The van der Waals surface area contributed by atoms with Crippen LogP contribution in [0.3, 0.4) is 0 Å². The Morgan fingerprint density at radius 1 is 1.24 bits per heavy atom. The van der Waals surface area contributed by atoms with Crippen molar-refractivity contribution in [1.82, 2.24) is 19.8 Å². The average Bonchev–Trinajstić information content (AvgIpc) is 2.92. The van der Waals surface area contributed by atoms with Gasteiger partial charge in [0.25, 0.3) is 0 Å². The molecule has 0 radical (unpaired) electrons. The zero-order valence-corrected chi connectivity index (χ0v) is 13.6. The van der Waals surface area contributed by atoms with E-state index in [2.05, 4.69) is 52.8 Å². The van der Waals surface area contributed by atoms with E-state index >= 15 is 0 Å². The van der Waals surface area contributed by atoms with Crippen LogP contribution in [0, 0.1) is 13.8 Å². The Hall–Kier alpha value is -1.88. The second-order valence-corrected chi connectivity index (χ2v) is 6.01. The van der Waals surface area contributed by atoms with Crippen LogP contribution in [0.4, 0.5) is 0 Å². The number of aryl methyl sites for hydroxylation is 1. The normalized spacial score (nSPS) is 21.7. The zero-order chi connectivity index (χ0) is 15.1. The molecule has 1 N–H and O–H groups in total. The van der Waals surface area contributed by atoms with Gasteiger partial charge in [0.1, 0.15) is 0 Å². The standard InChI is InChI=1S/C16H20N4S/c1-10-9-12(11(2)19(10)3)15-14(18-16(21)20(15)4)13-7-5-6-8-17-13/h5-9,14-15H,1-4H3,(H,18,21)/t14-,15+/m1/s1. The van der Waals surface area contributed by atoms with Crippen molar-refractivity contribution in [3.8, 4) is 0 Å². The Bertz CT molecular complexity index is 677. The van der Waals surface area contributed by atoms with Crippen molar-refractivity contribution in [2.75, 3.05) is 7.05 Å². The molecule has 0 aromatic carbocycles. The number of hydrogen-bond donors (Lipinski definition) is 1. The maximum atomic E-state index is 5.46. The first kappa shape index (κ1) is 14.1. The molecule has 2 atom stereocenters. The first-order chi connectivity index (χ1) is 10.0. The van der Waals surface area contributed by atoms with Gasteiger partial charge in [-0.15, -0.1) is 0 Å². The SMILES string of the molecule is Cc1cc([C@H]2[C@@H](c3ccccn3)NC(=S)N2C)c(C)n1C. The van der Waals surface area contributed by atoms with E-state index in [0.717, 1.165) is 10.8 Å². The lowest BCUT2D eigenvalue weighted by molar-refractivity contribution is 0.367. The second kappa shape index (κ2) is 5.15. The van der Waals surface area contributed by atoms with Crippen LogP contribution in [0.25, 0.3) is 0 Å². The summed E-state index contributed by atoms with van der Waals surface area (Å²) in [6, 6.07) is 8.52. The van der Waals surface area contributed by atoms with Crippen LogP contribution < -0.4 is 5.32 Å². The lowest BCUT2D eigenvalue weighted by Crippen LogP contribution is -2.25. The molecular weight excluding hydrogens is 280 g/mol. The molecule has 2 aromatic rings. The number of likely N-dealkylation sites (N-methyl/N-ethyl adjacent to an activating group) is 1. The first-order valence-corrected chi connectivity index (χ1v) is 7.48.